The number of esters is 1. The molecule has 17 heavy (non-hydrogen) atoms. The monoisotopic (exact) mass is 257 g/mol. The smallest absolute Gasteiger partial charge is 0.328 e. The molecule has 1 aromatic heterocycles. The summed E-state index contributed by atoms with van der Waals surface area (Å²) in [5.74, 6) is 0.303. The lowest BCUT2D eigenvalue weighted by Gasteiger charge is -2.20. The molecule has 1 heterocycles. The average molecular weight is 258 g/mol. The molecule has 0 aromatic carbocycles. The van der Waals surface area contributed by atoms with Crippen LogP contribution in [0, 0.1) is 5.92 Å². The van der Waals surface area contributed by atoms with Crippen LogP contribution in [0.2, 0.25) is 5.28 Å². The largest absolute Gasteiger partial charge is 0.464 e. The lowest BCUT2D eigenvalue weighted by atomic mass is 10.0. The molecule has 5 nitrogen and oxygen atoms in total. The first-order chi connectivity index (χ1) is 8.04. The number of carbonyl (C=O) groups excluding carboxylic acids is 1. The van der Waals surface area contributed by atoms with E-state index in [-0.39, 0.29) is 17.2 Å². The minimum Gasteiger partial charge on any atom is -0.464 e. The van der Waals surface area contributed by atoms with Crippen molar-refractivity contribution in [1.82, 2.24) is 9.97 Å². The van der Waals surface area contributed by atoms with Crippen LogP contribution in [0.3, 0.4) is 0 Å². The van der Waals surface area contributed by atoms with Crippen LogP contribution in [-0.4, -0.2) is 28.6 Å². The molecule has 0 saturated heterocycles. The van der Waals surface area contributed by atoms with Gasteiger partial charge < -0.3 is 10.1 Å². The Balaban J connectivity index is 2.76. The number of carbonyl (C=O) groups is 1. The summed E-state index contributed by atoms with van der Waals surface area (Å²) in [6.45, 7) is 5.99. The number of nitrogens with one attached hydrogen (secondary N) is 1. The van der Waals surface area contributed by atoms with E-state index in [1.165, 1.54) is 6.20 Å². The van der Waals surface area contributed by atoms with Gasteiger partial charge in [-0.15, -0.1) is 0 Å². The Kier molecular flexibility index (Phi) is 5.15. The molecule has 0 aliphatic rings. The fourth-order valence-electron chi connectivity index (χ4n) is 1.30. The summed E-state index contributed by atoms with van der Waals surface area (Å²) < 4.78 is 4.99. The molecule has 0 saturated carbocycles. The fourth-order valence-corrected chi connectivity index (χ4v) is 1.45. The summed E-state index contributed by atoms with van der Waals surface area (Å²) in [6, 6.07) is 1.21. The minimum absolute atomic E-state index is 0.0859. The van der Waals surface area contributed by atoms with E-state index >= 15 is 0 Å². The first kappa shape index (κ1) is 13.7. The zero-order chi connectivity index (χ0) is 12.8. The number of anilines is 1. The number of nitrogens with zero attached hydrogens (tertiary/aromatic N) is 2. The molecule has 0 spiro atoms. The molecule has 0 bridgehead atoms. The van der Waals surface area contributed by atoms with Gasteiger partial charge in [0.2, 0.25) is 5.28 Å². The highest BCUT2D eigenvalue weighted by molar-refractivity contribution is 6.28. The SMILES string of the molecule is CCOC(=O)[C@H](Nc1ccnc(Cl)n1)C(C)C. The number of hydrogen-bond donors (Lipinski definition) is 1. The zero-order valence-electron chi connectivity index (χ0n) is 10.1. The second-order valence-corrected chi connectivity index (χ2v) is 4.17. The first-order valence-corrected chi connectivity index (χ1v) is 5.84. The van der Waals surface area contributed by atoms with Crippen molar-refractivity contribution in [2.75, 3.05) is 11.9 Å². The van der Waals surface area contributed by atoms with Crippen LogP contribution in [-0.2, 0) is 9.53 Å². The van der Waals surface area contributed by atoms with Crippen molar-refractivity contribution in [3.63, 3.8) is 0 Å². The van der Waals surface area contributed by atoms with E-state index in [0.717, 1.165) is 0 Å². The summed E-state index contributed by atoms with van der Waals surface area (Å²) in [5, 5.41) is 3.13. The summed E-state index contributed by atoms with van der Waals surface area (Å²) in [4.78, 5) is 19.5. The van der Waals surface area contributed by atoms with E-state index in [4.69, 9.17) is 16.3 Å². The Morgan fingerprint density at radius 1 is 1.59 bits per heavy atom. The van der Waals surface area contributed by atoms with E-state index in [1.54, 1.807) is 13.0 Å². The topological polar surface area (TPSA) is 64.1 Å². The second kappa shape index (κ2) is 6.39. The molecule has 0 aliphatic carbocycles. The minimum atomic E-state index is -0.444. The Hall–Kier alpha value is -1.36. The normalized spacial score (nSPS) is 12.3. The molecule has 1 rings (SSSR count). The molecule has 1 atom stereocenters. The van der Waals surface area contributed by atoms with Crippen LogP contribution in [0.25, 0.3) is 0 Å². The van der Waals surface area contributed by atoms with Gasteiger partial charge in [-0.25, -0.2) is 14.8 Å². The maximum Gasteiger partial charge on any atom is 0.328 e. The average Bonchev–Trinajstić information content (AvgIpc) is 2.26. The molecular formula is C11H16ClN3O2. The maximum atomic E-state index is 11.7. The third-order valence-electron chi connectivity index (χ3n) is 2.14. The van der Waals surface area contributed by atoms with Gasteiger partial charge in [0.1, 0.15) is 11.9 Å². The van der Waals surface area contributed by atoms with Crippen LogP contribution >= 0.6 is 11.6 Å². The Morgan fingerprint density at radius 2 is 2.29 bits per heavy atom. The second-order valence-electron chi connectivity index (χ2n) is 3.83. The molecule has 0 amide bonds. The van der Waals surface area contributed by atoms with Crippen LogP contribution < -0.4 is 5.32 Å². The molecule has 6 heteroatoms. The summed E-state index contributed by atoms with van der Waals surface area (Å²) in [6.07, 6.45) is 1.53. The standard InChI is InChI=1S/C11H16ClN3O2/c1-4-17-10(16)9(7(2)3)14-8-5-6-13-11(12)15-8/h5-7,9H,4H2,1-3H3,(H,13,14,15)/t9-/m1/s1. The maximum absolute atomic E-state index is 11.7. The van der Waals surface area contributed by atoms with Gasteiger partial charge >= 0.3 is 5.97 Å². The van der Waals surface area contributed by atoms with Crippen LogP contribution in [0.1, 0.15) is 20.8 Å². The van der Waals surface area contributed by atoms with E-state index in [1.807, 2.05) is 13.8 Å². The molecule has 1 N–H and O–H groups in total. The van der Waals surface area contributed by atoms with Crippen LogP contribution in [0.15, 0.2) is 12.3 Å². The molecule has 0 aliphatic heterocycles. The summed E-state index contributed by atoms with van der Waals surface area (Å²) in [5.41, 5.74) is 0. The van der Waals surface area contributed by atoms with Crippen molar-refractivity contribution < 1.29 is 9.53 Å². The molecular weight excluding hydrogens is 242 g/mol. The van der Waals surface area contributed by atoms with Crippen molar-refractivity contribution in [2.24, 2.45) is 5.92 Å². The lowest BCUT2D eigenvalue weighted by Crippen LogP contribution is -2.36. The van der Waals surface area contributed by atoms with Crippen LogP contribution in [0.4, 0.5) is 5.82 Å². The molecule has 94 valence electrons. The lowest BCUT2D eigenvalue weighted by molar-refractivity contribution is -0.145. The molecule has 0 radical (unpaired) electrons. The fraction of sp³-hybridized carbons (Fsp3) is 0.545. The molecule has 1 aromatic rings. The zero-order valence-corrected chi connectivity index (χ0v) is 10.9. The van der Waals surface area contributed by atoms with E-state index < -0.39 is 6.04 Å². The van der Waals surface area contributed by atoms with Gasteiger partial charge in [0.25, 0.3) is 0 Å². The first-order valence-electron chi connectivity index (χ1n) is 5.46. The molecule has 0 fully saturated rings. The highest BCUT2D eigenvalue weighted by Gasteiger charge is 2.23. The predicted octanol–water partition coefficient (Wildman–Crippen LogP) is 2.13. The van der Waals surface area contributed by atoms with E-state index in [9.17, 15) is 4.79 Å². The van der Waals surface area contributed by atoms with Gasteiger partial charge in [0.15, 0.2) is 0 Å². The molecule has 0 unspecified atom stereocenters. The van der Waals surface area contributed by atoms with Gasteiger partial charge in [-0.1, -0.05) is 13.8 Å². The Bertz CT molecular complexity index is 385. The number of aromatic nitrogens is 2. The Labute approximate surface area is 106 Å². The highest BCUT2D eigenvalue weighted by atomic mass is 35.5. The van der Waals surface area contributed by atoms with Gasteiger partial charge in [-0.2, -0.15) is 0 Å². The van der Waals surface area contributed by atoms with E-state index in [0.29, 0.717) is 12.4 Å². The van der Waals surface area contributed by atoms with Gasteiger partial charge in [0.05, 0.1) is 6.61 Å². The van der Waals surface area contributed by atoms with Gasteiger partial charge in [-0.05, 0) is 30.5 Å². The predicted molar refractivity (Wildman–Crippen MR) is 65.9 cm³/mol. The summed E-state index contributed by atoms with van der Waals surface area (Å²) in [7, 11) is 0. The third-order valence-corrected chi connectivity index (χ3v) is 2.32. The highest BCUT2D eigenvalue weighted by Crippen LogP contribution is 2.13. The van der Waals surface area contributed by atoms with Crippen molar-refractivity contribution in [3.05, 3.63) is 17.5 Å². The van der Waals surface area contributed by atoms with Crippen molar-refractivity contribution in [1.29, 1.82) is 0 Å². The number of rotatable bonds is 5. The van der Waals surface area contributed by atoms with Crippen molar-refractivity contribution in [2.45, 2.75) is 26.8 Å². The van der Waals surface area contributed by atoms with Crippen LogP contribution in [0.5, 0.6) is 0 Å². The van der Waals surface area contributed by atoms with E-state index in [2.05, 4.69) is 15.3 Å². The number of hydrogen-bond acceptors (Lipinski definition) is 5. The number of halogens is 1. The number of ether oxygens (including phenoxy) is 1. The van der Waals surface area contributed by atoms with Crippen molar-refractivity contribution >= 4 is 23.4 Å². The van der Waals surface area contributed by atoms with Crippen molar-refractivity contribution in [3.8, 4) is 0 Å². The quantitative estimate of drug-likeness (QED) is 0.647. The summed E-state index contributed by atoms with van der Waals surface area (Å²) >= 11 is 5.67. The van der Waals surface area contributed by atoms with Gasteiger partial charge in [-0.3, -0.25) is 0 Å². The van der Waals surface area contributed by atoms with Gasteiger partial charge in [0, 0.05) is 6.20 Å². The third kappa shape index (κ3) is 4.19. The Morgan fingerprint density at radius 3 is 2.82 bits per heavy atom.